The van der Waals surface area contributed by atoms with Crippen LogP contribution in [-0.4, -0.2) is 35.4 Å². The summed E-state index contributed by atoms with van der Waals surface area (Å²) in [5.74, 6) is 0.510. The van der Waals surface area contributed by atoms with Gasteiger partial charge in [-0.05, 0) is 44.2 Å². The van der Waals surface area contributed by atoms with E-state index in [0.717, 1.165) is 17.8 Å². The number of hydrogen-bond donors (Lipinski definition) is 2. The zero-order valence-electron chi connectivity index (χ0n) is 12.5. The van der Waals surface area contributed by atoms with Crippen LogP contribution in [0.15, 0.2) is 24.3 Å². The van der Waals surface area contributed by atoms with Crippen LogP contribution in [0.5, 0.6) is 0 Å². The number of thiocarbonyl (C=S) groups is 1. The molecule has 0 spiro atoms. The Morgan fingerprint density at radius 2 is 1.85 bits per heavy atom. The van der Waals surface area contributed by atoms with Crippen LogP contribution in [0.25, 0.3) is 0 Å². The molecule has 1 unspecified atom stereocenters. The maximum absolute atomic E-state index is 12.2. The van der Waals surface area contributed by atoms with Gasteiger partial charge in [-0.2, -0.15) is 0 Å². The zero-order valence-corrected chi connectivity index (χ0v) is 13.3. The summed E-state index contributed by atoms with van der Waals surface area (Å²) in [6, 6.07) is 7.05. The quantitative estimate of drug-likeness (QED) is 0.790. The summed E-state index contributed by atoms with van der Waals surface area (Å²) in [4.78, 5) is 14.6. The number of hydrogen-bond acceptors (Lipinski definition) is 3. The van der Waals surface area contributed by atoms with Crippen molar-refractivity contribution in [2.45, 2.75) is 26.8 Å². The van der Waals surface area contributed by atoms with Crippen molar-refractivity contribution in [3.8, 4) is 0 Å². The number of benzene rings is 1. The van der Waals surface area contributed by atoms with Gasteiger partial charge in [0.1, 0.15) is 4.99 Å². The summed E-state index contributed by atoms with van der Waals surface area (Å²) < 4.78 is 0. The van der Waals surface area contributed by atoms with Gasteiger partial charge in [0.05, 0.1) is 6.04 Å². The first kappa shape index (κ1) is 16.6. The number of amides is 1. The highest BCUT2D eigenvalue weighted by Crippen LogP contribution is 2.11. The van der Waals surface area contributed by atoms with Crippen LogP contribution in [0.2, 0.25) is 0 Å². The third kappa shape index (κ3) is 4.90. The highest BCUT2D eigenvalue weighted by molar-refractivity contribution is 7.80. The first-order valence-electron chi connectivity index (χ1n) is 6.72. The molecular weight excluding hydrogens is 270 g/mol. The molecule has 3 N–H and O–H groups in total. The Morgan fingerprint density at radius 3 is 2.30 bits per heavy atom. The molecule has 0 aliphatic rings. The molecule has 4 nitrogen and oxygen atoms in total. The van der Waals surface area contributed by atoms with E-state index < -0.39 is 0 Å². The van der Waals surface area contributed by atoms with E-state index in [0.29, 0.717) is 10.9 Å². The number of anilines is 1. The largest absolute Gasteiger partial charge is 0.389 e. The Kier molecular flexibility index (Phi) is 6.10. The molecule has 1 amide bonds. The fourth-order valence-corrected chi connectivity index (χ4v) is 2.03. The van der Waals surface area contributed by atoms with Gasteiger partial charge in [0.2, 0.25) is 5.91 Å². The van der Waals surface area contributed by atoms with Crippen LogP contribution in [-0.2, 0) is 4.79 Å². The maximum Gasteiger partial charge on any atom is 0.241 e. The van der Waals surface area contributed by atoms with Crippen LogP contribution in [0.4, 0.5) is 5.69 Å². The van der Waals surface area contributed by atoms with Gasteiger partial charge >= 0.3 is 0 Å². The molecule has 0 aromatic heterocycles. The van der Waals surface area contributed by atoms with Gasteiger partial charge < -0.3 is 11.1 Å². The topological polar surface area (TPSA) is 58.4 Å². The maximum atomic E-state index is 12.2. The lowest BCUT2D eigenvalue weighted by atomic mass is 10.1. The summed E-state index contributed by atoms with van der Waals surface area (Å²) in [5.41, 5.74) is 7.08. The molecule has 0 saturated carbocycles. The summed E-state index contributed by atoms with van der Waals surface area (Å²) in [6.07, 6.45) is 0. The zero-order chi connectivity index (χ0) is 15.3. The third-order valence-electron chi connectivity index (χ3n) is 3.13. The summed E-state index contributed by atoms with van der Waals surface area (Å²) in [5, 5.41) is 2.90. The van der Waals surface area contributed by atoms with Crippen molar-refractivity contribution in [2.24, 2.45) is 11.7 Å². The minimum atomic E-state index is -0.173. The Morgan fingerprint density at radius 1 is 1.30 bits per heavy atom. The number of rotatable bonds is 6. The Labute approximate surface area is 126 Å². The van der Waals surface area contributed by atoms with Gasteiger partial charge in [-0.15, -0.1) is 0 Å². The second-order valence-corrected chi connectivity index (χ2v) is 5.88. The second-order valence-electron chi connectivity index (χ2n) is 5.44. The number of nitrogens with one attached hydrogen (secondary N) is 1. The molecule has 110 valence electrons. The molecule has 20 heavy (non-hydrogen) atoms. The van der Waals surface area contributed by atoms with E-state index in [-0.39, 0.29) is 11.9 Å². The fraction of sp³-hybridized carbons (Fsp3) is 0.467. The van der Waals surface area contributed by atoms with Crippen molar-refractivity contribution in [3.05, 3.63) is 29.8 Å². The molecule has 0 saturated heterocycles. The van der Waals surface area contributed by atoms with E-state index in [1.54, 1.807) is 12.1 Å². The number of nitrogens with zero attached hydrogens (tertiary/aromatic N) is 1. The van der Waals surface area contributed by atoms with E-state index in [9.17, 15) is 4.79 Å². The fourth-order valence-electron chi connectivity index (χ4n) is 1.90. The minimum absolute atomic E-state index is 0.0174. The van der Waals surface area contributed by atoms with Gasteiger partial charge in [0.15, 0.2) is 0 Å². The van der Waals surface area contributed by atoms with Crippen molar-refractivity contribution in [1.29, 1.82) is 0 Å². The molecule has 1 atom stereocenters. The van der Waals surface area contributed by atoms with Crippen molar-refractivity contribution in [1.82, 2.24) is 4.90 Å². The van der Waals surface area contributed by atoms with Crippen molar-refractivity contribution >= 4 is 28.8 Å². The molecule has 1 rings (SSSR count). The average Bonchev–Trinajstić information content (AvgIpc) is 2.37. The van der Waals surface area contributed by atoms with Crippen molar-refractivity contribution in [3.63, 3.8) is 0 Å². The van der Waals surface area contributed by atoms with Crippen molar-refractivity contribution in [2.75, 3.05) is 18.9 Å². The van der Waals surface area contributed by atoms with Gasteiger partial charge in [0.25, 0.3) is 0 Å². The molecule has 0 heterocycles. The lowest BCUT2D eigenvalue weighted by molar-refractivity contribution is -0.120. The molecule has 0 aliphatic carbocycles. The Balaban J connectivity index is 2.63. The van der Waals surface area contributed by atoms with Gasteiger partial charge in [0, 0.05) is 17.8 Å². The summed E-state index contributed by atoms with van der Waals surface area (Å²) in [7, 11) is 1.96. The van der Waals surface area contributed by atoms with E-state index in [2.05, 4.69) is 19.2 Å². The predicted octanol–water partition coefficient (Wildman–Crippen LogP) is 2.24. The number of carbonyl (C=O) groups excluding carboxylic acids is 1. The molecule has 1 aromatic carbocycles. The van der Waals surface area contributed by atoms with Gasteiger partial charge in [-0.3, -0.25) is 9.69 Å². The Bertz CT molecular complexity index is 471. The molecule has 1 aromatic rings. The second kappa shape index (κ2) is 7.36. The van der Waals surface area contributed by atoms with E-state index >= 15 is 0 Å². The third-order valence-corrected chi connectivity index (χ3v) is 3.37. The molecule has 0 radical (unpaired) electrons. The van der Waals surface area contributed by atoms with Crippen LogP contribution in [0.3, 0.4) is 0 Å². The van der Waals surface area contributed by atoms with Gasteiger partial charge in [-0.1, -0.05) is 26.1 Å². The molecular formula is C15H23N3OS. The normalized spacial score (nSPS) is 12.5. The predicted molar refractivity (Wildman–Crippen MR) is 87.9 cm³/mol. The van der Waals surface area contributed by atoms with Crippen molar-refractivity contribution < 1.29 is 4.79 Å². The van der Waals surface area contributed by atoms with Crippen LogP contribution >= 0.6 is 12.2 Å². The minimum Gasteiger partial charge on any atom is -0.389 e. The SMILES string of the molecule is CC(C)CN(C)C(C)C(=O)Nc1ccc(C(N)=S)cc1. The number of nitrogens with two attached hydrogens (primary N) is 1. The Hall–Kier alpha value is -1.46. The molecule has 5 heteroatoms. The van der Waals surface area contributed by atoms with Gasteiger partial charge in [-0.25, -0.2) is 0 Å². The smallest absolute Gasteiger partial charge is 0.241 e. The van der Waals surface area contributed by atoms with E-state index in [4.69, 9.17) is 18.0 Å². The monoisotopic (exact) mass is 293 g/mol. The van der Waals surface area contributed by atoms with Crippen LogP contribution in [0, 0.1) is 5.92 Å². The summed E-state index contributed by atoms with van der Waals surface area (Å²) in [6.45, 7) is 7.06. The summed E-state index contributed by atoms with van der Waals surface area (Å²) >= 11 is 4.89. The van der Waals surface area contributed by atoms with Crippen LogP contribution in [0.1, 0.15) is 26.3 Å². The molecule has 0 fully saturated rings. The molecule has 0 aliphatic heterocycles. The lowest BCUT2D eigenvalue weighted by Gasteiger charge is -2.25. The molecule has 0 bridgehead atoms. The first-order chi connectivity index (χ1) is 9.31. The van der Waals surface area contributed by atoms with Crippen LogP contribution < -0.4 is 11.1 Å². The first-order valence-corrected chi connectivity index (χ1v) is 7.13. The number of carbonyl (C=O) groups is 1. The van der Waals surface area contributed by atoms with E-state index in [1.165, 1.54) is 0 Å². The highest BCUT2D eigenvalue weighted by Gasteiger charge is 2.18. The lowest BCUT2D eigenvalue weighted by Crippen LogP contribution is -2.41. The standard InChI is InChI=1S/C15H23N3OS/c1-10(2)9-18(4)11(3)15(19)17-13-7-5-12(6-8-13)14(16)20/h5-8,10-11H,9H2,1-4H3,(H2,16,20)(H,17,19). The highest BCUT2D eigenvalue weighted by atomic mass is 32.1. The average molecular weight is 293 g/mol. The van der Waals surface area contributed by atoms with E-state index in [1.807, 2.05) is 31.0 Å². The number of likely N-dealkylation sites (N-methyl/N-ethyl adjacent to an activating group) is 1.